The summed E-state index contributed by atoms with van der Waals surface area (Å²) < 4.78 is 38.5. The fourth-order valence-corrected chi connectivity index (χ4v) is 4.27. The molecule has 2 bridgehead atoms. The van der Waals surface area contributed by atoms with E-state index < -0.39 is 11.7 Å². The van der Waals surface area contributed by atoms with Crippen LogP contribution in [0.5, 0.6) is 0 Å². The molecule has 1 amide bonds. The molecule has 3 N–H and O–H groups in total. The number of hydrogen-bond acceptors (Lipinski definition) is 6. The summed E-state index contributed by atoms with van der Waals surface area (Å²) in [5.41, 5.74) is 7.37. The number of alkyl halides is 3. The summed E-state index contributed by atoms with van der Waals surface area (Å²) >= 11 is 0. The second-order valence-corrected chi connectivity index (χ2v) is 7.88. The van der Waals surface area contributed by atoms with Gasteiger partial charge in [-0.15, -0.1) is 0 Å². The first-order valence-electron chi connectivity index (χ1n) is 10.4. The van der Waals surface area contributed by atoms with E-state index in [1.165, 1.54) is 18.3 Å². The van der Waals surface area contributed by atoms with E-state index in [0.717, 1.165) is 36.2 Å². The molecule has 4 rings (SSSR count). The highest BCUT2D eigenvalue weighted by atomic mass is 19.4. The maximum atomic E-state index is 13.1. The van der Waals surface area contributed by atoms with Crippen LogP contribution in [0.25, 0.3) is 5.57 Å². The Morgan fingerprint density at radius 2 is 2.00 bits per heavy atom. The van der Waals surface area contributed by atoms with Crippen LogP contribution in [-0.4, -0.2) is 46.1 Å². The Morgan fingerprint density at radius 1 is 1.24 bits per heavy atom. The van der Waals surface area contributed by atoms with Gasteiger partial charge in [-0.3, -0.25) is 9.79 Å². The molecule has 1 aromatic carbocycles. The SMILES string of the molecule is CN=CC(=CN)Nc1nccc(C2=CC3CCC(C2)N3C(=O)c2ccc(C(F)(F)F)cc2)n1. The van der Waals surface area contributed by atoms with Crippen molar-refractivity contribution in [2.45, 2.75) is 37.5 Å². The number of carbonyl (C=O) groups excluding carboxylic acids is 1. The summed E-state index contributed by atoms with van der Waals surface area (Å²) in [6.07, 6.45) is 4.38. The van der Waals surface area contributed by atoms with Gasteiger partial charge in [-0.05, 0) is 55.2 Å². The minimum absolute atomic E-state index is 0.0390. The molecule has 1 fully saturated rings. The van der Waals surface area contributed by atoms with Gasteiger partial charge in [-0.2, -0.15) is 13.2 Å². The van der Waals surface area contributed by atoms with Crippen molar-refractivity contribution in [2.75, 3.05) is 12.4 Å². The molecule has 2 aromatic rings. The maximum Gasteiger partial charge on any atom is 0.416 e. The average molecular weight is 456 g/mol. The Balaban J connectivity index is 1.53. The number of allylic oxidation sites excluding steroid dienone is 1. The molecular weight excluding hydrogens is 433 g/mol. The number of nitrogens with two attached hydrogens (primary N) is 1. The van der Waals surface area contributed by atoms with Crippen molar-refractivity contribution in [2.24, 2.45) is 10.7 Å². The Morgan fingerprint density at radius 3 is 2.64 bits per heavy atom. The van der Waals surface area contributed by atoms with Crippen molar-refractivity contribution in [1.29, 1.82) is 0 Å². The molecule has 0 radical (unpaired) electrons. The molecule has 2 aliphatic rings. The van der Waals surface area contributed by atoms with Gasteiger partial charge in [0.25, 0.3) is 5.91 Å². The Labute approximate surface area is 188 Å². The van der Waals surface area contributed by atoms with Gasteiger partial charge in [0.1, 0.15) is 0 Å². The normalized spacial score (nSPS) is 20.8. The van der Waals surface area contributed by atoms with E-state index in [0.29, 0.717) is 18.1 Å². The molecule has 2 atom stereocenters. The number of aromatic nitrogens is 2. The van der Waals surface area contributed by atoms with Gasteiger partial charge in [0.2, 0.25) is 5.95 Å². The minimum atomic E-state index is -4.43. The summed E-state index contributed by atoms with van der Waals surface area (Å²) in [7, 11) is 1.63. The van der Waals surface area contributed by atoms with Gasteiger partial charge in [0.15, 0.2) is 0 Å². The van der Waals surface area contributed by atoms with Crippen LogP contribution in [0.4, 0.5) is 19.1 Å². The van der Waals surface area contributed by atoms with Crippen LogP contribution in [0.3, 0.4) is 0 Å². The van der Waals surface area contributed by atoms with Crippen molar-refractivity contribution in [3.05, 3.63) is 71.3 Å². The zero-order valence-electron chi connectivity index (χ0n) is 17.9. The number of carbonyl (C=O) groups is 1. The summed E-state index contributed by atoms with van der Waals surface area (Å²) in [5.74, 6) is 0.119. The number of fused-ring (bicyclic) bond motifs is 2. The summed E-state index contributed by atoms with van der Waals surface area (Å²) in [4.78, 5) is 27.6. The lowest BCUT2D eigenvalue weighted by Crippen LogP contribution is -2.43. The number of rotatable bonds is 5. The van der Waals surface area contributed by atoms with Gasteiger partial charge in [-0.25, -0.2) is 9.97 Å². The zero-order chi connectivity index (χ0) is 23.6. The van der Waals surface area contributed by atoms with Crippen molar-refractivity contribution in [3.8, 4) is 0 Å². The van der Waals surface area contributed by atoms with Gasteiger partial charge in [-0.1, -0.05) is 6.08 Å². The Kier molecular flexibility index (Phi) is 6.17. The third kappa shape index (κ3) is 4.74. The number of aliphatic imine (C=N–C) groups is 1. The molecule has 1 saturated heterocycles. The van der Waals surface area contributed by atoms with Crippen LogP contribution in [0.2, 0.25) is 0 Å². The van der Waals surface area contributed by atoms with E-state index >= 15 is 0 Å². The lowest BCUT2D eigenvalue weighted by molar-refractivity contribution is -0.137. The molecule has 10 heteroatoms. The van der Waals surface area contributed by atoms with Crippen molar-refractivity contribution in [1.82, 2.24) is 14.9 Å². The van der Waals surface area contributed by atoms with Gasteiger partial charge in [0, 0.05) is 37.3 Å². The summed E-state index contributed by atoms with van der Waals surface area (Å²) in [6.45, 7) is 0. The molecule has 0 spiro atoms. The molecular formula is C23H23F3N6O. The number of nitrogens with one attached hydrogen (secondary N) is 1. The van der Waals surface area contributed by atoms with Crippen molar-refractivity contribution in [3.63, 3.8) is 0 Å². The molecule has 3 heterocycles. The van der Waals surface area contributed by atoms with E-state index in [1.807, 2.05) is 12.1 Å². The largest absolute Gasteiger partial charge is 0.416 e. The Hall–Kier alpha value is -3.69. The van der Waals surface area contributed by atoms with Gasteiger partial charge in [0.05, 0.1) is 23.0 Å². The molecule has 33 heavy (non-hydrogen) atoms. The molecule has 0 aliphatic carbocycles. The monoisotopic (exact) mass is 456 g/mol. The second-order valence-electron chi connectivity index (χ2n) is 7.88. The van der Waals surface area contributed by atoms with Crippen LogP contribution in [-0.2, 0) is 6.18 Å². The number of anilines is 1. The standard InChI is InChI=1S/C23H23F3N6O/c1-28-13-17(12-27)30-22-29-9-8-20(31-22)15-10-18-6-7-19(11-15)32(18)21(33)14-2-4-16(5-3-14)23(24,25)26/h2-5,8-10,12-13,18-19H,6-7,11,27H2,1H3,(H,29,30,31). The number of halogens is 3. The molecule has 1 aromatic heterocycles. The average Bonchev–Trinajstić information content (AvgIpc) is 3.07. The van der Waals surface area contributed by atoms with Crippen LogP contribution in [0.15, 0.2) is 59.5 Å². The molecule has 2 unspecified atom stereocenters. The van der Waals surface area contributed by atoms with Crippen molar-refractivity contribution >= 4 is 23.6 Å². The molecule has 2 aliphatic heterocycles. The van der Waals surface area contributed by atoms with E-state index in [9.17, 15) is 18.0 Å². The lowest BCUT2D eigenvalue weighted by atomic mass is 9.97. The third-order valence-corrected chi connectivity index (χ3v) is 5.78. The lowest BCUT2D eigenvalue weighted by Gasteiger charge is -2.34. The van der Waals surface area contributed by atoms with Gasteiger partial charge < -0.3 is 16.0 Å². The first-order chi connectivity index (χ1) is 15.8. The topological polar surface area (TPSA) is 96.5 Å². The van der Waals surface area contributed by atoms with Gasteiger partial charge >= 0.3 is 6.18 Å². The van der Waals surface area contributed by atoms with Crippen LogP contribution < -0.4 is 11.1 Å². The van der Waals surface area contributed by atoms with Crippen LogP contribution in [0.1, 0.15) is 40.9 Å². The first kappa shape index (κ1) is 22.5. The molecule has 7 nitrogen and oxygen atoms in total. The quantitative estimate of drug-likeness (QED) is 0.666. The minimum Gasteiger partial charge on any atom is -0.403 e. The summed E-state index contributed by atoms with van der Waals surface area (Å²) in [5, 5.41) is 3.00. The number of amides is 1. The van der Waals surface area contributed by atoms with E-state index in [2.05, 4.69) is 20.3 Å². The summed E-state index contributed by atoms with van der Waals surface area (Å²) in [6, 6.07) is 6.02. The van der Waals surface area contributed by atoms with Crippen LogP contribution >= 0.6 is 0 Å². The molecule has 172 valence electrons. The maximum absolute atomic E-state index is 13.1. The molecule has 0 saturated carbocycles. The second kappa shape index (κ2) is 9.05. The number of nitrogens with zero attached hydrogens (tertiary/aromatic N) is 4. The van der Waals surface area contributed by atoms with Crippen LogP contribution in [0, 0.1) is 0 Å². The first-order valence-corrected chi connectivity index (χ1v) is 10.4. The predicted octanol–water partition coefficient (Wildman–Crippen LogP) is 3.87. The highest BCUT2D eigenvalue weighted by molar-refractivity contribution is 5.95. The smallest absolute Gasteiger partial charge is 0.403 e. The zero-order valence-corrected chi connectivity index (χ0v) is 17.9. The van der Waals surface area contributed by atoms with E-state index in [-0.39, 0.29) is 23.6 Å². The fraction of sp³-hybridized carbons (Fsp3) is 0.304. The highest BCUT2D eigenvalue weighted by Crippen LogP contribution is 2.39. The van der Waals surface area contributed by atoms with Crippen molar-refractivity contribution < 1.29 is 18.0 Å². The Bertz CT molecular complexity index is 1120. The van der Waals surface area contributed by atoms with E-state index in [4.69, 9.17) is 5.73 Å². The highest BCUT2D eigenvalue weighted by Gasteiger charge is 2.40. The predicted molar refractivity (Wildman–Crippen MR) is 119 cm³/mol. The van der Waals surface area contributed by atoms with E-state index in [1.54, 1.807) is 24.4 Å². The fourth-order valence-electron chi connectivity index (χ4n) is 4.27. The number of benzene rings is 1. The number of hydrogen-bond donors (Lipinski definition) is 2. The third-order valence-electron chi connectivity index (χ3n) is 5.78.